The summed E-state index contributed by atoms with van der Waals surface area (Å²) in [6.07, 6.45) is 1.03. The van der Waals surface area contributed by atoms with Gasteiger partial charge < -0.3 is 5.32 Å². The van der Waals surface area contributed by atoms with Crippen LogP contribution in [0.5, 0.6) is 0 Å². The summed E-state index contributed by atoms with van der Waals surface area (Å²) in [5.41, 5.74) is 3.98. The number of hydrogen-bond acceptors (Lipinski definition) is 3. The van der Waals surface area contributed by atoms with Crippen molar-refractivity contribution in [2.75, 3.05) is 15.9 Å². The predicted octanol–water partition coefficient (Wildman–Crippen LogP) is 4.66. The van der Waals surface area contributed by atoms with Crippen LogP contribution in [0.25, 0.3) is 0 Å². The average molecular weight is 427 g/mol. The van der Waals surface area contributed by atoms with Crippen molar-refractivity contribution in [2.45, 2.75) is 20.4 Å². The maximum atomic E-state index is 14.1. The third-order valence-corrected chi connectivity index (χ3v) is 5.96. The second kappa shape index (κ2) is 8.67. The van der Waals surface area contributed by atoms with Crippen molar-refractivity contribution in [3.63, 3.8) is 0 Å². The van der Waals surface area contributed by atoms with Gasteiger partial charge >= 0.3 is 0 Å². The summed E-state index contributed by atoms with van der Waals surface area (Å²) >= 11 is 0. The Kier molecular flexibility index (Phi) is 6.22. The lowest BCUT2D eigenvalue weighted by Gasteiger charge is -2.23. The first kappa shape index (κ1) is 21.5. The van der Waals surface area contributed by atoms with Gasteiger partial charge in [-0.1, -0.05) is 30.3 Å². The van der Waals surface area contributed by atoms with E-state index in [2.05, 4.69) is 5.32 Å². The summed E-state index contributed by atoms with van der Waals surface area (Å²) in [5.74, 6) is -0.883. The van der Waals surface area contributed by atoms with E-state index in [1.54, 1.807) is 30.3 Å². The Labute approximate surface area is 176 Å². The van der Waals surface area contributed by atoms with E-state index >= 15 is 0 Å². The van der Waals surface area contributed by atoms with Crippen molar-refractivity contribution in [2.24, 2.45) is 0 Å². The Morgan fingerprint density at radius 1 is 0.967 bits per heavy atom. The van der Waals surface area contributed by atoms with Crippen molar-refractivity contribution in [3.05, 3.63) is 94.8 Å². The van der Waals surface area contributed by atoms with Gasteiger partial charge in [0.2, 0.25) is 10.0 Å². The number of benzene rings is 3. The van der Waals surface area contributed by atoms with Crippen molar-refractivity contribution >= 4 is 27.3 Å². The summed E-state index contributed by atoms with van der Waals surface area (Å²) in [5, 5.41) is 2.85. The summed E-state index contributed by atoms with van der Waals surface area (Å²) in [6.45, 7) is 3.93. The number of carbonyl (C=O) groups is 1. The molecule has 0 unspecified atom stereocenters. The molecule has 156 valence electrons. The zero-order chi connectivity index (χ0) is 21.9. The second-order valence-electron chi connectivity index (χ2n) is 7.17. The van der Waals surface area contributed by atoms with Crippen LogP contribution in [0.2, 0.25) is 0 Å². The minimum Gasteiger partial charge on any atom is -0.322 e. The summed E-state index contributed by atoms with van der Waals surface area (Å²) in [6, 6.07) is 18.0. The van der Waals surface area contributed by atoms with Crippen molar-refractivity contribution in [1.29, 1.82) is 0 Å². The predicted molar refractivity (Wildman–Crippen MR) is 118 cm³/mol. The second-order valence-corrected chi connectivity index (χ2v) is 9.08. The van der Waals surface area contributed by atoms with Crippen LogP contribution in [0.3, 0.4) is 0 Å². The molecule has 30 heavy (non-hydrogen) atoms. The van der Waals surface area contributed by atoms with E-state index in [-0.39, 0.29) is 18.1 Å². The first-order chi connectivity index (χ1) is 14.1. The van der Waals surface area contributed by atoms with Crippen LogP contribution in [0.4, 0.5) is 15.8 Å². The van der Waals surface area contributed by atoms with Crippen LogP contribution in [0, 0.1) is 19.7 Å². The summed E-state index contributed by atoms with van der Waals surface area (Å²) in [4.78, 5) is 12.5. The fourth-order valence-corrected chi connectivity index (χ4v) is 3.87. The summed E-state index contributed by atoms with van der Waals surface area (Å²) < 4.78 is 39.6. The standard InChI is InChI=1S/C23H23FN2O3S/c1-16-8-13-20(14-17(16)2)25-23(27)19-11-9-18(10-12-19)15-26(30(3,28)29)22-7-5-4-6-21(22)24/h4-14H,15H2,1-3H3,(H,25,27). The third kappa shape index (κ3) is 5.04. The van der Waals surface area contributed by atoms with E-state index in [0.29, 0.717) is 16.8 Å². The molecule has 1 N–H and O–H groups in total. The number of amides is 1. The highest BCUT2D eigenvalue weighted by Crippen LogP contribution is 2.24. The molecule has 0 radical (unpaired) electrons. The van der Waals surface area contributed by atoms with E-state index in [1.807, 2.05) is 32.0 Å². The molecular weight excluding hydrogens is 403 g/mol. The number of halogens is 1. The minimum absolute atomic E-state index is 0.0171. The van der Waals surface area contributed by atoms with Crippen molar-refractivity contribution in [1.82, 2.24) is 0 Å². The van der Waals surface area contributed by atoms with Gasteiger partial charge in [-0.2, -0.15) is 0 Å². The quantitative estimate of drug-likeness (QED) is 0.623. The zero-order valence-corrected chi connectivity index (χ0v) is 17.8. The Morgan fingerprint density at radius 3 is 2.23 bits per heavy atom. The highest BCUT2D eigenvalue weighted by atomic mass is 32.2. The van der Waals surface area contributed by atoms with E-state index in [1.165, 1.54) is 18.2 Å². The topological polar surface area (TPSA) is 66.5 Å². The van der Waals surface area contributed by atoms with Gasteiger partial charge in [-0.3, -0.25) is 9.10 Å². The average Bonchev–Trinajstić information content (AvgIpc) is 2.69. The third-order valence-electron chi connectivity index (χ3n) is 4.83. The molecule has 0 aliphatic heterocycles. The first-order valence-electron chi connectivity index (χ1n) is 9.35. The molecular formula is C23H23FN2O3S. The molecule has 0 aliphatic carbocycles. The Morgan fingerprint density at radius 2 is 1.63 bits per heavy atom. The fourth-order valence-electron chi connectivity index (χ4n) is 2.98. The monoisotopic (exact) mass is 426 g/mol. The van der Waals surface area contributed by atoms with Gasteiger partial charge in [0.25, 0.3) is 5.91 Å². The van der Waals surface area contributed by atoms with Crippen LogP contribution < -0.4 is 9.62 Å². The molecule has 0 saturated heterocycles. The van der Waals surface area contributed by atoms with Gasteiger partial charge in [-0.15, -0.1) is 0 Å². The molecule has 0 aliphatic rings. The van der Waals surface area contributed by atoms with Gasteiger partial charge in [0.1, 0.15) is 5.82 Å². The van der Waals surface area contributed by atoms with Gasteiger partial charge in [0.15, 0.2) is 0 Å². The molecule has 0 fully saturated rings. The molecule has 0 bridgehead atoms. The summed E-state index contributed by atoms with van der Waals surface area (Å²) in [7, 11) is -3.70. The number of carbonyl (C=O) groups excluding carboxylic acids is 1. The Balaban J connectivity index is 1.78. The van der Waals surface area contributed by atoms with Gasteiger partial charge in [-0.05, 0) is 66.9 Å². The molecule has 0 saturated carbocycles. The van der Waals surface area contributed by atoms with E-state index in [9.17, 15) is 17.6 Å². The molecule has 0 aromatic heterocycles. The molecule has 1 amide bonds. The first-order valence-corrected chi connectivity index (χ1v) is 11.2. The van der Waals surface area contributed by atoms with Gasteiger partial charge in [0, 0.05) is 11.3 Å². The largest absolute Gasteiger partial charge is 0.322 e. The number of aryl methyl sites for hydroxylation is 2. The molecule has 0 atom stereocenters. The molecule has 3 rings (SSSR count). The van der Waals surface area contributed by atoms with E-state index in [4.69, 9.17) is 0 Å². The highest BCUT2D eigenvalue weighted by molar-refractivity contribution is 7.92. The van der Waals surface area contributed by atoms with Crippen LogP contribution >= 0.6 is 0 Å². The lowest BCUT2D eigenvalue weighted by molar-refractivity contribution is 0.102. The molecule has 3 aromatic rings. The molecule has 0 heterocycles. The number of nitrogens with zero attached hydrogens (tertiary/aromatic N) is 1. The smallest absolute Gasteiger partial charge is 0.255 e. The number of rotatable bonds is 6. The van der Waals surface area contributed by atoms with Crippen molar-refractivity contribution in [3.8, 4) is 0 Å². The molecule has 0 spiro atoms. The van der Waals surface area contributed by atoms with Crippen LogP contribution in [0.15, 0.2) is 66.7 Å². The maximum Gasteiger partial charge on any atom is 0.255 e. The molecule has 7 heteroatoms. The Bertz CT molecular complexity index is 1180. The maximum absolute atomic E-state index is 14.1. The fraction of sp³-hybridized carbons (Fsp3) is 0.174. The van der Waals surface area contributed by atoms with Crippen LogP contribution in [-0.4, -0.2) is 20.6 Å². The zero-order valence-electron chi connectivity index (χ0n) is 17.0. The van der Waals surface area contributed by atoms with E-state index in [0.717, 1.165) is 21.7 Å². The number of nitrogens with one attached hydrogen (secondary N) is 1. The number of hydrogen-bond donors (Lipinski definition) is 1. The van der Waals surface area contributed by atoms with Crippen LogP contribution in [0.1, 0.15) is 27.0 Å². The van der Waals surface area contributed by atoms with Gasteiger partial charge in [0.05, 0.1) is 18.5 Å². The number of sulfonamides is 1. The van der Waals surface area contributed by atoms with Crippen LogP contribution in [-0.2, 0) is 16.6 Å². The van der Waals surface area contributed by atoms with E-state index < -0.39 is 15.8 Å². The number of anilines is 2. The lowest BCUT2D eigenvalue weighted by Crippen LogP contribution is -2.30. The van der Waals surface area contributed by atoms with Gasteiger partial charge in [-0.25, -0.2) is 12.8 Å². The molecule has 3 aromatic carbocycles. The normalized spacial score (nSPS) is 11.2. The minimum atomic E-state index is -3.70. The number of para-hydroxylation sites is 1. The molecule has 5 nitrogen and oxygen atoms in total. The van der Waals surface area contributed by atoms with Crippen molar-refractivity contribution < 1.29 is 17.6 Å². The highest BCUT2D eigenvalue weighted by Gasteiger charge is 2.21. The lowest BCUT2D eigenvalue weighted by atomic mass is 10.1. The Hall–Kier alpha value is -3.19. The SMILES string of the molecule is Cc1ccc(NC(=O)c2ccc(CN(c3ccccc3F)S(C)(=O)=O)cc2)cc1C.